The number of benzene rings is 2. The van der Waals surface area contributed by atoms with Crippen molar-refractivity contribution < 1.29 is 4.79 Å². The van der Waals surface area contributed by atoms with E-state index >= 15 is 0 Å². The summed E-state index contributed by atoms with van der Waals surface area (Å²) in [4.78, 5) is 16.0. The minimum atomic E-state index is -0.0259. The summed E-state index contributed by atoms with van der Waals surface area (Å²) in [7, 11) is 3.70. The molecule has 0 bridgehead atoms. The van der Waals surface area contributed by atoms with Gasteiger partial charge in [0.1, 0.15) is 5.84 Å². The first-order valence-corrected chi connectivity index (χ1v) is 8.95. The number of anilines is 1. The number of nitrogens with zero attached hydrogens (tertiary/aromatic N) is 2. The van der Waals surface area contributed by atoms with Gasteiger partial charge in [-0.15, -0.1) is 6.58 Å². The number of nitrogens with two attached hydrogens (primary N) is 1. The lowest BCUT2D eigenvalue weighted by molar-refractivity contribution is 0.0809. The Bertz CT molecular complexity index is 953. The van der Waals surface area contributed by atoms with Crippen LogP contribution >= 0.6 is 0 Å². The molecule has 0 unspecified atom stereocenters. The van der Waals surface area contributed by atoms with Crippen LogP contribution in [0.3, 0.4) is 0 Å². The van der Waals surface area contributed by atoms with Crippen LogP contribution in [0.25, 0.3) is 0 Å². The van der Waals surface area contributed by atoms with E-state index < -0.39 is 0 Å². The van der Waals surface area contributed by atoms with Crippen LogP contribution in [0.1, 0.15) is 27.0 Å². The molecule has 2 rings (SSSR count). The highest BCUT2D eigenvalue weighted by atomic mass is 16.2. The lowest BCUT2D eigenvalue weighted by Gasteiger charge is -2.17. The standard InChI is InChI=1S/C23H26N4O/c1-5-13-27(4)23(28)21-12-11-18(15-17(21)2)8-7-14-26(3)20-10-6-9-19(16-20)22(24)25/h5-6,9-12,15-16H,1,13-14H2,2-4H3,(H3,24,25). The van der Waals surface area contributed by atoms with Gasteiger partial charge >= 0.3 is 0 Å². The maximum atomic E-state index is 12.4. The van der Waals surface area contributed by atoms with Crippen molar-refractivity contribution in [3.05, 3.63) is 77.4 Å². The van der Waals surface area contributed by atoms with E-state index in [0.29, 0.717) is 24.2 Å². The third-order valence-corrected chi connectivity index (χ3v) is 4.35. The number of carbonyl (C=O) groups excluding carboxylic acids is 1. The van der Waals surface area contributed by atoms with Crippen LogP contribution in [-0.2, 0) is 0 Å². The predicted molar refractivity (Wildman–Crippen MR) is 116 cm³/mol. The fraction of sp³-hybridized carbons (Fsp3) is 0.217. The van der Waals surface area contributed by atoms with Crippen molar-refractivity contribution >= 4 is 17.4 Å². The van der Waals surface area contributed by atoms with Gasteiger partial charge in [0.25, 0.3) is 5.91 Å². The molecule has 5 heteroatoms. The molecule has 28 heavy (non-hydrogen) atoms. The molecule has 0 aromatic heterocycles. The lowest BCUT2D eigenvalue weighted by Crippen LogP contribution is -2.27. The average molecular weight is 374 g/mol. The Morgan fingerprint density at radius 3 is 2.64 bits per heavy atom. The molecule has 5 nitrogen and oxygen atoms in total. The molecule has 0 aliphatic heterocycles. The number of nitrogen functional groups attached to an aromatic ring is 1. The zero-order chi connectivity index (χ0) is 20.7. The first-order chi connectivity index (χ1) is 13.3. The second-order valence-corrected chi connectivity index (χ2v) is 6.63. The minimum absolute atomic E-state index is 0.0259. The number of amides is 1. The van der Waals surface area contributed by atoms with Crippen molar-refractivity contribution in [3.63, 3.8) is 0 Å². The first kappa shape index (κ1) is 20.8. The van der Waals surface area contributed by atoms with Gasteiger partial charge in [0, 0.05) is 43.0 Å². The van der Waals surface area contributed by atoms with Crippen molar-refractivity contribution in [2.45, 2.75) is 6.92 Å². The van der Waals surface area contributed by atoms with Crippen LogP contribution < -0.4 is 10.6 Å². The summed E-state index contributed by atoms with van der Waals surface area (Å²) in [5.41, 5.74) is 9.62. The maximum absolute atomic E-state index is 12.4. The lowest BCUT2D eigenvalue weighted by atomic mass is 10.0. The number of amidine groups is 1. The van der Waals surface area contributed by atoms with Gasteiger partial charge in [-0.3, -0.25) is 10.2 Å². The fourth-order valence-electron chi connectivity index (χ4n) is 2.73. The summed E-state index contributed by atoms with van der Waals surface area (Å²) < 4.78 is 0. The second-order valence-electron chi connectivity index (χ2n) is 6.63. The van der Waals surface area contributed by atoms with Gasteiger partial charge in [0.15, 0.2) is 0 Å². The molecular formula is C23H26N4O. The van der Waals surface area contributed by atoms with E-state index in [1.807, 2.05) is 61.3 Å². The highest BCUT2D eigenvalue weighted by molar-refractivity contribution is 5.96. The monoisotopic (exact) mass is 374 g/mol. The van der Waals surface area contributed by atoms with Crippen molar-refractivity contribution in [2.75, 3.05) is 32.1 Å². The number of aryl methyl sites for hydroxylation is 1. The SMILES string of the molecule is C=CCN(C)C(=O)c1ccc(C#CCN(C)c2cccc(C(=N)N)c2)cc1C. The van der Waals surface area contributed by atoms with E-state index in [4.69, 9.17) is 11.1 Å². The minimum Gasteiger partial charge on any atom is -0.384 e. The van der Waals surface area contributed by atoms with Crippen molar-refractivity contribution in [3.8, 4) is 11.8 Å². The number of nitrogens with one attached hydrogen (secondary N) is 1. The van der Waals surface area contributed by atoms with Crippen LogP contribution in [0.2, 0.25) is 0 Å². The Morgan fingerprint density at radius 2 is 2.00 bits per heavy atom. The van der Waals surface area contributed by atoms with Gasteiger partial charge in [-0.25, -0.2) is 0 Å². The smallest absolute Gasteiger partial charge is 0.254 e. The molecule has 0 heterocycles. The van der Waals surface area contributed by atoms with Gasteiger partial charge < -0.3 is 15.5 Å². The van der Waals surface area contributed by atoms with Gasteiger partial charge in [-0.1, -0.05) is 30.0 Å². The average Bonchev–Trinajstić information content (AvgIpc) is 2.67. The third kappa shape index (κ3) is 5.24. The molecule has 0 aliphatic carbocycles. The summed E-state index contributed by atoms with van der Waals surface area (Å²) in [6, 6.07) is 13.1. The summed E-state index contributed by atoms with van der Waals surface area (Å²) in [6.45, 7) is 6.62. The molecule has 0 saturated heterocycles. The van der Waals surface area contributed by atoms with Crippen LogP contribution in [0, 0.1) is 24.2 Å². The molecule has 2 aromatic rings. The number of carbonyl (C=O) groups is 1. The van der Waals surface area contributed by atoms with Gasteiger partial charge in [0.2, 0.25) is 0 Å². The zero-order valence-electron chi connectivity index (χ0n) is 16.6. The maximum Gasteiger partial charge on any atom is 0.254 e. The molecule has 3 N–H and O–H groups in total. The second kappa shape index (κ2) is 9.43. The summed E-state index contributed by atoms with van der Waals surface area (Å²) >= 11 is 0. The molecule has 2 aromatic carbocycles. The molecular weight excluding hydrogens is 348 g/mol. The van der Waals surface area contributed by atoms with E-state index in [9.17, 15) is 4.79 Å². The van der Waals surface area contributed by atoms with Crippen molar-refractivity contribution in [1.82, 2.24) is 4.90 Å². The van der Waals surface area contributed by atoms with E-state index in [1.54, 1.807) is 18.0 Å². The largest absolute Gasteiger partial charge is 0.384 e. The Kier molecular flexibility index (Phi) is 7.00. The highest BCUT2D eigenvalue weighted by Crippen LogP contribution is 2.15. The van der Waals surface area contributed by atoms with Crippen LogP contribution in [-0.4, -0.2) is 43.8 Å². The summed E-state index contributed by atoms with van der Waals surface area (Å²) in [6.07, 6.45) is 1.70. The Hall–Kier alpha value is -3.52. The van der Waals surface area contributed by atoms with E-state index in [2.05, 4.69) is 18.4 Å². The number of hydrogen-bond donors (Lipinski definition) is 2. The van der Waals surface area contributed by atoms with Gasteiger partial charge in [0.05, 0.1) is 6.54 Å². The zero-order valence-corrected chi connectivity index (χ0v) is 16.6. The van der Waals surface area contributed by atoms with Crippen molar-refractivity contribution in [2.24, 2.45) is 5.73 Å². The van der Waals surface area contributed by atoms with Crippen LogP contribution in [0.4, 0.5) is 5.69 Å². The molecule has 144 valence electrons. The normalized spacial score (nSPS) is 9.82. The molecule has 0 spiro atoms. The van der Waals surface area contributed by atoms with E-state index in [1.165, 1.54) is 0 Å². The Balaban J connectivity index is 2.09. The molecule has 0 atom stereocenters. The van der Waals surface area contributed by atoms with E-state index in [0.717, 1.165) is 16.8 Å². The molecule has 1 amide bonds. The van der Waals surface area contributed by atoms with E-state index in [-0.39, 0.29) is 11.7 Å². The Labute approximate surface area is 167 Å². The molecule has 0 saturated carbocycles. The van der Waals surface area contributed by atoms with Crippen LogP contribution in [0.5, 0.6) is 0 Å². The highest BCUT2D eigenvalue weighted by Gasteiger charge is 2.12. The topological polar surface area (TPSA) is 73.4 Å². The molecule has 0 aliphatic rings. The summed E-state index contributed by atoms with van der Waals surface area (Å²) in [5.74, 6) is 6.31. The predicted octanol–water partition coefficient (Wildman–Crippen LogP) is 3.02. The molecule has 0 radical (unpaired) electrons. The van der Waals surface area contributed by atoms with Crippen molar-refractivity contribution in [1.29, 1.82) is 5.41 Å². The summed E-state index contributed by atoms with van der Waals surface area (Å²) in [5, 5.41) is 7.54. The number of hydrogen-bond acceptors (Lipinski definition) is 3. The quantitative estimate of drug-likeness (QED) is 0.353. The van der Waals surface area contributed by atoms with Crippen LogP contribution in [0.15, 0.2) is 55.1 Å². The number of rotatable bonds is 6. The van der Waals surface area contributed by atoms with Gasteiger partial charge in [-0.05, 0) is 42.8 Å². The third-order valence-electron chi connectivity index (χ3n) is 4.35. The fourth-order valence-corrected chi connectivity index (χ4v) is 2.73. The first-order valence-electron chi connectivity index (χ1n) is 8.95. The number of likely N-dealkylation sites (N-methyl/N-ethyl adjacent to an activating group) is 1. The molecule has 0 fully saturated rings. The Morgan fingerprint density at radius 1 is 1.25 bits per heavy atom. The van der Waals surface area contributed by atoms with Gasteiger partial charge in [-0.2, -0.15) is 0 Å².